The van der Waals surface area contributed by atoms with E-state index in [-0.39, 0.29) is 23.8 Å². The average molecular weight is 433 g/mol. The van der Waals surface area contributed by atoms with E-state index in [2.05, 4.69) is 10.3 Å². The van der Waals surface area contributed by atoms with E-state index in [4.69, 9.17) is 0 Å². The number of hydrogen-bond acceptors (Lipinski definition) is 5. The number of halogens is 3. The highest BCUT2D eigenvalue weighted by molar-refractivity contribution is 7.89. The molecule has 160 valence electrons. The largest absolute Gasteiger partial charge is 0.406 e. The summed E-state index contributed by atoms with van der Waals surface area (Å²) in [5.74, 6) is -0.266. The molecule has 0 atom stereocenters. The number of amides is 1. The average Bonchev–Trinajstić information content (AvgIpc) is 2.99. The maximum absolute atomic E-state index is 12.6. The number of nitrogens with one attached hydrogen (secondary N) is 1. The molecule has 8 nitrogen and oxygen atoms in total. The number of rotatable bonds is 8. The predicted octanol–water partition coefficient (Wildman–Crippen LogP) is 1.77. The number of benzene rings is 1. The van der Waals surface area contributed by atoms with Crippen LogP contribution in [0.15, 0.2) is 41.6 Å². The number of nitrogens with zero attached hydrogens (tertiary/aromatic N) is 4. The van der Waals surface area contributed by atoms with Crippen molar-refractivity contribution in [2.45, 2.75) is 24.2 Å². The molecule has 0 saturated heterocycles. The van der Waals surface area contributed by atoms with E-state index in [0.29, 0.717) is 5.69 Å². The zero-order valence-electron chi connectivity index (χ0n) is 16.1. The van der Waals surface area contributed by atoms with Gasteiger partial charge in [-0.3, -0.25) is 9.69 Å². The van der Waals surface area contributed by atoms with E-state index in [1.165, 1.54) is 49.6 Å². The molecule has 2 aromatic rings. The van der Waals surface area contributed by atoms with Crippen molar-refractivity contribution in [1.29, 1.82) is 0 Å². The summed E-state index contributed by atoms with van der Waals surface area (Å²) in [6, 6.07) is 5.80. The van der Waals surface area contributed by atoms with Gasteiger partial charge in [-0.25, -0.2) is 17.7 Å². The van der Waals surface area contributed by atoms with Gasteiger partial charge >= 0.3 is 6.18 Å². The van der Waals surface area contributed by atoms with Gasteiger partial charge in [0.2, 0.25) is 15.9 Å². The minimum absolute atomic E-state index is 0.0304. The molecule has 0 aliphatic carbocycles. The molecule has 0 aliphatic rings. The summed E-state index contributed by atoms with van der Waals surface area (Å²) in [6.45, 7) is -1.25. The van der Waals surface area contributed by atoms with Crippen molar-refractivity contribution in [2.75, 3.05) is 33.0 Å². The summed E-state index contributed by atoms with van der Waals surface area (Å²) >= 11 is 0. The number of anilines is 1. The highest BCUT2D eigenvalue weighted by atomic mass is 32.2. The predicted molar refractivity (Wildman–Crippen MR) is 101 cm³/mol. The van der Waals surface area contributed by atoms with Crippen LogP contribution in [0.2, 0.25) is 0 Å². The standard InChI is InChI=1S/C17H22F3N5O3S/c1-23(2)29(27,28)14-6-4-5-13(9-14)22-16(26)11-24(3)10-15-21-7-8-25(15)12-17(18,19)20/h4-9H,10-12H2,1-3H3,(H,22,26). The van der Waals surface area contributed by atoms with Gasteiger partial charge in [0.1, 0.15) is 12.4 Å². The van der Waals surface area contributed by atoms with Crippen molar-refractivity contribution in [3.63, 3.8) is 0 Å². The van der Waals surface area contributed by atoms with Crippen LogP contribution in [0.5, 0.6) is 0 Å². The van der Waals surface area contributed by atoms with Gasteiger partial charge in [0, 0.05) is 32.2 Å². The zero-order valence-corrected chi connectivity index (χ0v) is 17.0. The van der Waals surface area contributed by atoms with Crippen molar-refractivity contribution in [3.8, 4) is 0 Å². The molecule has 0 spiro atoms. The van der Waals surface area contributed by atoms with Crippen LogP contribution >= 0.6 is 0 Å². The molecule has 29 heavy (non-hydrogen) atoms. The molecule has 0 aliphatic heterocycles. The van der Waals surface area contributed by atoms with Gasteiger partial charge in [0.25, 0.3) is 0 Å². The molecular weight excluding hydrogens is 411 g/mol. The molecule has 1 heterocycles. The lowest BCUT2D eigenvalue weighted by molar-refractivity contribution is -0.141. The summed E-state index contributed by atoms with van der Waals surface area (Å²) in [7, 11) is 0.727. The molecule has 0 saturated carbocycles. The first-order valence-corrected chi connectivity index (χ1v) is 9.90. The fraction of sp³-hybridized carbons (Fsp3) is 0.412. The number of likely N-dealkylation sites (N-methyl/N-ethyl adjacent to an activating group) is 1. The Morgan fingerprint density at radius 3 is 2.55 bits per heavy atom. The fourth-order valence-electron chi connectivity index (χ4n) is 2.52. The second-order valence-electron chi connectivity index (χ2n) is 6.62. The van der Waals surface area contributed by atoms with Crippen LogP contribution in [-0.2, 0) is 27.9 Å². The molecule has 1 aromatic carbocycles. The first-order valence-electron chi connectivity index (χ1n) is 8.46. The summed E-state index contributed by atoms with van der Waals surface area (Å²) < 4.78 is 64.1. The van der Waals surface area contributed by atoms with Crippen molar-refractivity contribution in [3.05, 3.63) is 42.5 Å². The van der Waals surface area contributed by atoms with E-state index in [1.54, 1.807) is 13.1 Å². The summed E-state index contributed by atoms with van der Waals surface area (Å²) in [5.41, 5.74) is 0.296. The minimum Gasteiger partial charge on any atom is -0.325 e. The first-order chi connectivity index (χ1) is 13.4. The first kappa shape index (κ1) is 22.8. The smallest absolute Gasteiger partial charge is 0.325 e. The van der Waals surface area contributed by atoms with Crippen LogP contribution in [0, 0.1) is 0 Å². The number of imidazole rings is 1. The molecule has 2 rings (SSSR count). The molecule has 0 unspecified atom stereocenters. The molecule has 0 bridgehead atoms. The van der Waals surface area contributed by atoms with E-state index < -0.39 is 28.7 Å². The molecule has 1 N–H and O–H groups in total. The Balaban J connectivity index is 1.99. The lowest BCUT2D eigenvalue weighted by Gasteiger charge is -2.18. The van der Waals surface area contributed by atoms with E-state index in [9.17, 15) is 26.4 Å². The second kappa shape index (κ2) is 8.93. The van der Waals surface area contributed by atoms with Gasteiger partial charge in [0.15, 0.2) is 0 Å². The quantitative estimate of drug-likeness (QED) is 0.686. The van der Waals surface area contributed by atoms with Gasteiger partial charge in [-0.15, -0.1) is 0 Å². The van der Waals surface area contributed by atoms with Crippen LogP contribution in [0.3, 0.4) is 0 Å². The molecular formula is C17H22F3N5O3S. The number of carbonyl (C=O) groups is 1. The molecule has 1 amide bonds. The van der Waals surface area contributed by atoms with Crippen LogP contribution < -0.4 is 5.32 Å². The molecule has 0 radical (unpaired) electrons. The minimum atomic E-state index is -4.37. The van der Waals surface area contributed by atoms with E-state index in [1.807, 2.05) is 0 Å². The van der Waals surface area contributed by atoms with Crippen LogP contribution in [0.4, 0.5) is 18.9 Å². The monoisotopic (exact) mass is 433 g/mol. The van der Waals surface area contributed by atoms with Crippen LogP contribution in [0.25, 0.3) is 0 Å². The molecule has 1 aromatic heterocycles. The zero-order chi connectivity index (χ0) is 21.8. The third kappa shape index (κ3) is 6.54. The van der Waals surface area contributed by atoms with Crippen LogP contribution in [0.1, 0.15) is 5.82 Å². The fourth-order valence-corrected chi connectivity index (χ4v) is 3.46. The van der Waals surface area contributed by atoms with E-state index in [0.717, 1.165) is 8.87 Å². The topological polar surface area (TPSA) is 87.5 Å². The summed E-state index contributed by atoms with van der Waals surface area (Å²) in [4.78, 5) is 17.7. The summed E-state index contributed by atoms with van der Waals surface area (Å²) in [6.07, 6.45) is -1.87. The lowest BCUT2D eigenvalue weighted by Crippen LogP contribution is -2.31. The van der Waals surface area contributed by atoms with Crippen LogP contribution in [-0.4, -0.2) is 66.9 Å². The van der Waals surface area contributed by atoms with Gasteiger partial charge in [0.05, 0.1) is 18.0 Å². The van der Waals surface area contributed by atoms with Gasteiger partial charge in [-0.05, 0) is 25.2 Å². The SMILES string of the molecule is CN(CC(=O)Nc1cccc(S(=O)(=O)N(C)C)c1)Cc1nccn1CC(F)(F)F. The summed E-state index contributed by atoms with van der Waals surface area (Å²) in [5, 5.41) is 2.59. The van der Waals surface area contributed by atoms with Gasteiger partial charge < -0.3 is 9.88 Å². The van der Waals surface area contributed by atoms with Gasteiger partial charge in [-0.2, -0.15) is 13.2 Å². The Hall–Kier alpha value is -2.44. The third-order valence-electron chi connectivity index (χ3n) is 3.87. The maximum Gasteiger partial charge on any atom is 0.406 e. The lowest BCUT2D eigenvalue weighted by atomic mass is 10.3. The number of carbonyl (C=O) groups excluding carboxylic acids is 1. The van der Waals surface area contributed by atoms with Crippen molar-refractivity contribution < 1.29 is 26.4 Å². The Morgan fingerprint density at radius 1 is 1.24 bits per heavy atom. The Bertz CT molecular complexity index is 957. The van der Waals surface area contributed by atoms with Crippen molar-refractivity contribution in [2.24, 2.45) is 0 Å². The second-order valence-corrected chi connectivity index (χ2v) is 8.77. The number of aromatic nitrogens is 2. The van der Waals surface area contributed by atoms with Crippen molar-refractivity contribution in [1.82, 2.24) is 18.8 Å². The highest BCUT2D eigenvalue weighted by Crippen LogP contribution is 2.19. The normalized spacial score (nSPS) is 12.6. The molecule has 12 heteroatoms. The third-order valence-corrected chi connectivity index (χ3v) is 5.68. The highest BCUT2D eigenvalue weighted by Gasteiger charge is 2.29. The maximum atomic E-state index is 12.6. The Labute approximate surface area is 167 Å². The Kier molecular flexibility index (Phi) is 7.03. The Morgan fingerprint density at radius 2 is 1.93 bits per heavy atom. The van der Waals surface area contributed by atoms with E-state index >= 15 is 0 Å². The van der Waals surface area contributed by atoms with Gasteiger partial charge in [-0.1, -0.05) is 6.07 Å². The number of hydrogen-bond donors (Lipinski definition) is 1. The molecule has 0 fully saturated rings. The number of alkyl halides is 3. The van der Waals surface area contributed by atoms with Crippen molar-refractivity contribution >= 4 is 21.6 Å². The number of sulfonamides is 1.